The highest BCUT2D eigenvalue weighted by Crippen LogP contribution is 2.23. The Morgan fingerprint density at radius 3 is 1.26 bits per heavy atom. The Kier molecular flexibility index (Phi) is 28.3. The highest BCUT2D eigenvalue weighted by molar-refractivity contribution is 8.13. The molecule has 4 aliphatic rings. The van der Waals surface area contributed by atoms with Crippen LogP contribution in [0.3, 0.4) is 0 Å². The molecule has 4 aliphatic heterocycles. The number of nitrogens with zero attached hydrogens (tertiary/aromatic N) is 14. The summed E-state index contributed by atoms with van der Waals surface area (Å²) in [4.78, 5) is 40.1. The zero-order valence-corrected chi connectivity index (χ0v) is 46.4. The van der Waals surface area contributed by atoms with Crippen LogP contribution in [0, 0.1) is 0 Å². The van der Waals surface area contributed by atoms with Crippen molar-refractivity contribution in [3.05, 3.63) is 19.0 Å². The number of halogens is 2. The van der Waals surface area contributed by atoms with Gasteiger partial charge in [-0.25, -0.2) is 32.2 Å². The first-order valence-electron chi connectivity index (χ1n) is 23.1. The van der Waals surface area contributed by atoms with Gasteiger partial charge >= 0.3 is 18.3 Å². The molecule has 0 spiro atoms. The minimum absolute atomic E-state index is 0. The van der Waals surface area contributed by atoms with Gasteiger partial charge in [-0.2, -0.15) is 13.6 Å². The van der Waals surface area contributed by atoms with Crippen LogP contribution in [0.4, 0.5) is 14.4 Å². The fourth-order valence-corrected chi connectivity index (χ4v) is 7.28. The summed E-state index contributed by atoms with van der Waals surface area (Å²) in [7, 11) is -2.12. The molecule has 3 N–H and O–H groups in total. The van der Waals surface area contributed by atoms with E-state index in [2.05, 4.69) is 67.7 Å². The van der Waals surface area contributed by atoms with E-state index in [1.807, 2.05) is 67.0 Å². The number of aliphatic hydroxyl groups is 1. The molecule has 0 unspecified atom stereocenters. The topological polar surface area (TPSA) is 340 Å². The largest absolute Gasteiger partial charge is 0.444 e. The summed E-state index contributed by atoms with van der Waals surface area (Å²) >= 11 is 0. The fourth-order valence-electron chi connectivity index (χ4n) is 6.59. The third-order valence-corrected chi connectivity index (χ3v) is 10.3. The maximum absolute atomic E-state index is 11.9. The van der Waals surface area contributed by atoms with E-state index >= 15 is 0 Å². The molecule has 32 heteroatoms. The van der Waals surface area contributed by atoms with E-state index in [0.29, 0.717) is 71.0 Å². The zero-order valence-electron chi connectivity index (χ0n) is 43.2. The Morgan fingerprint density at radius 2 is 0.972 bits per heavy atom. The molecule has 0 atom stereocenters. The predicted molar refractivity (Wildman–Crippen MR) is 265 cm³/mol. The van der Waals surface area contributed by atoms with Crippen LogP contribution in [0.2, 0.25) is 0 Å². The molecule has 0 aliphatic carbocycles. The number of carbonyl (C=O) groups is 3. The monoisotopic (exact) mass is 1110 g/mol. The Balaban J connectivity index is 0.000000453. The van der Waals surface area contributed by atoms with Crippen LogP contribution in [0.15, 0.2) is 19.0 Å². The van der Waals surface area contributed by atoms with Crippen LogP contribution in [0.5, 0.6) is 0 Å². The lowest BCUT2D eigenvalue weighted by atomic mass is 10.1. The van der Waals surface area contributed by atoms with Crippen molar-refractivity contribution < 1.29 is 54.7 Å². The SMILES string of the molecule is CC(C)(C)OC(=O)N1CCC(O)CC1.CC(C)(C)OC(=O)N1CCC(OS(C)(=O)=O)CC1.CC(C)(C)OC(=O)N1CCC(n2cnnn2)CC1.CS(=O)(=O)Cl.Cl.c1nn[nH]n1.c1nnnn1C1CCNCC1. The van der Waals surface area contributed by atoms with Gasteiger partial charge in [0.05, 0.1) is 36.8 Å². The molecule has 3 aromatic rings. The van der Waals surface area contributed by atoms with Crippen molar-refractivity contribution in [3.63, 3.8) is 0 Å². The predicted octanol–water partition coefficient (Wildman–Crippen LogP) is 3.39. The molecule has 0 radical (unpaired) electrons. The molecule has 4 saturated heterocycles. The second-order valence-corrected chi connectivity index (χ2v) is 24.3. The number of hydrogen-bond donors (Lipinski definition) is 3. The van der Waals surface area contributed by atoms with Gasteiger partial charge < -0.3 is 39.3 Å². The highest BCUT2D eigenvalue weighted by Gasteiger charge is 2.30. The minimum atomic E-state index is -3.42. The van der Waals surface area contributed by atoms with Crippen LogP contribution < -0.4 is 5.32 Å². The Labute approximate surface area is 433 Å². The summed E-state index contributed by atoms with van der Waals surface area (Å²) < 4.78 is 65.1. The number of rotatable bonds is 4. The summed E-state index contributed by atoms with van der Waals surface area (Å²) in [5.41, 5.74) is -1.39. The lowest BCUT2D eigenvalue weighted by molar-refractivity contribution is 0.00957. The number of aromatic nitrogens is 12. The first-order valence-corrected chi connectivity index (χ1v) is 27.6. The maximum atomic E-state index is 11.9. The second-order valence-electron chi connectivity index (χ2n) is 19.7. The van der Waals surface area contributed by atoms with Crippen LogP contribution in [-0.4, -0.2) is 210 Å². The van der Waals surface area contributed by atoms with Gasteiger partial charge in [0.1, 0.15) is 29.5 Å². The van der Waals surface area contributed by atoms with Crippen LogP contribution in [-0.2, 0) is 37.6 Å². The van der Waals surface area contributed by atoms with Crippen molar-refractivity contribution in [3.8, 4) is 0 Å². The van der Waals surface area contributed by atoms with E-state index in [1.54, 1.807) is 32.0 Å². The van der Waals surface area contributed by atoms with Crippen molar-refractivity contribution in [1.29, 1.82) is 0 Å². The lowest BCUT2D eigenvalue weighted by Crippen LogP contribution is -2.43. The summed E-state index contributed by atoms with van der Waals surface area (Å²) in [6.07, 6.45) is 11.4. The molecule has 3 amide bonds. The molecule has 7 heterocycles. The minimum Gasteiger partial charge on any atom is -0.444 e. The number of carbonyl (C=O) groups excluding carboxylic acids is 3. The second kappa shape index (κ2) is 31.2. The van der Waals surface area contributed by atoms with Crippen molar-refractivity contribution in [2.45, 2.75) is 155 Å². The van der Waals surface area contributed by atoms with Gasteiger partial charge in [0.2, 0.25) is 9.05 Å². The van der Waals surface area contributed by atoms with Crippen molar-refractivity contribution in [2.75, 3.05) is 64.9 Å². The van der Waals surface area contributed by atoms with Gasteiger partial charge in [-0.15, -0.1) is 32.8 Å². The summed E-state index contributed by atoms with van der Waals surface area (Å²) in [5.74, 6) is 0. The van der Waals surface area contributed by atoms with Crippen molar-refractivity contribution in [1.82, 2.24) is 81.1 Å². The summed E-state index contributed by atoms with van der Waals surface area (Å²) in [6, 6.07) is 0.782. The Hall–Kier alpha value is -4.62. The molecule has 72 heavy (non-hydrogen) atoms. The van der Waals surface area contributed by atoms with Crippen molar-refractivity contribution in [2.24, 2.45) is 0 Å². The third-order valence-electron chi connectivity index (χ3n) is 9.69. The summed E-state index contributed by atoms with van der Waals surface area (Å²) in [5, 5.41) is 47.0. The van der Waals surface area contributed by atoms with Gasteiger partial charge in [-0.1, -0.05) is 5.21 Å². The number of aliphatic hydroxyl groups excluding tert-OH is 1. The van der Waals surface area contributed by atoms with E-state index in [0.717, 1.165) is 51.3 Å². The number of amides is 3. The number of ether oxygens (including phenoxy) is 3. The quantitative estimate of drug-likeness (QED) is 0.191. The highest BCUT2D eigenvalue weighted by atomic mass is 35.7. The maximum Gasteiger partial charge on any atom is 0.410 e. The standard InChI is InChI=1S/C11H19N5O2.C11H21NO5S.C10H19NO3.C6H11N5.CH3ClO2S.CH2N4.ClH/c1-11(2,3)18-10(17)15-6-4-9(5-7-15)16-8-12-13-14-16;1-11(2,3)16-10(13)12-7-5-9(6-8-12)17-18(4,14)15;1-10(2,3)14-9(13)11-6-4-8(12)5-7-11;1-3-7-4-2-6(1)11-5-8-9-10-11;1-5(2,3)4;1-2-4-5-3-1;/h8-9H,4-7H2,1-3H3;9H,5-8H2,1-4H3;8,12H,4-7H2,1-3H3;5-7H,1-4H2;1H3;1H,(H,2,3,4,5);1H. The molecule has 0 aromatic carbocycles. The van der Waals surface area contributed by atoms with Crippen molar-refractivity contribution >= 4 is 60.5 Å². The molecule has 28 nitrogen and oxygen atoms in total. The number of H-pyrrole nitrogens is 1. The van der Waals surface area contributed by atoms with E-state index in [4.69, 9.17) is 18.4 Å². The van der Waals surface area contributed by atoms with E-state index in [-0.39, 0.29) is 48.9 Å². The fraction of sp³-hybridized carbons (Fsp3) is 0.850. The number of hydrogen-bond acceptors (Lipinski definition) is 22. The normalized spacial score (nSPS) is 17.4. The molecular formula is C40H76Cl2N16O12S2. The molecule has 0 bridgehead atoms. The first kappa shape index (κ1) is 65.4. The first-order chi connectivity index (χ1) is 32.9. The molecule has 3 aromatic heterocycles. The van der Waals surface area contributed by atoms with Gasteiger partial charge in [0, 0.05) is 50.0 Å². The number of nitrogens with one attached hydrogen (secondary N) is 2. The summed E-state index contributed by atoms with van der Waals surface area (Å²) in [6.45, 7) is 22.2. The number of tetrazole rings is 3. The number of piperidine rings is 4. The molecule has 414 valence electrons. The smallest absolute Gasteiger partial charge is 0.410 e. The van der Waals surface area contributed by atoms with Crippen LogP contribution in [0.25, 0.3) is 0 Å². The number of aromatic amines is 1. The van der Waals surface area contributed by atoms with E-state index in [9.17, 15) is 36.3 Å². The lowest BCUT2D eigenvalue weighted by Gasteiger charge is -2.33. The molecule has 0 saturated carbocycles. The zero-order chi connectivity index (χ0) is 53.5. The molecule has 7 rings (SSSR count). The third kappa shape index (κ3) is 31.8. The molecule has 4 fully saturated rings. The van der Waals surface area contributed by atoms with E-state index < -0.39 is 36.0 Å². The Morgan fingerprint density at radius 1 is 0.611 bits per heavy atom. The molecular weight excluding hydrogens is 1030 g/mol. The Bertz CT molecular complexity index is 2120. The number of likely N-dealkylation sites (tertiary alicyclic amines) is 3. The van der Waals surface area contributed by atoms with Crippen LogP contribution in [0.1, 0.15) is 126 Å². The average Bonchev–Trinajstić information content (AvgIpc) is 4.10. The van der Waals surface area contributed by atoms with Gasteiger partial charge in [-0.05, 0) is 148 Å². The van der Waals surface area contributed by atoms with Gasteiger partial charge in [-0.3, -0.25) is 4.18 Å². The van der Waals surface area contributed by atoms with E-state index in [1.165, 1.54) is 6.33 Å². The average molecular weight is 1110 g/mol. The van der Waals surface area contributed by atoms with Gasteiger partial charge in [0.25, 0.3) is 10.1 Å². The van der Waals surface area contributed by atoms with Gasteiger partial charge in [0.15, 0.2) is 6.33 Å². The van der Waals surface area contributed by atoms with Crippen LogP contribution >= 0.6 is 23.1 Å².